The first-order chi connectivity index (χ1) is 7.54. The third-order valence-corrected chi connectivity index (χ3v) is 1.50. The number of halogens is 3. The topological polar surface area (TPSA) is 61.7 Å². The van der Waals surface area contributed by atoms with Gasteiger partial charge in [-0.2, -0.15) is 13.2 Å². The van der Waals surface area contributed by atoms with E-state index in [4.69, 9.17) is 5.53 Å². The first kappa shape index (κ1) is 11.9. The highest BCUT2D eigenvalue weighted by molar-refractivity contribution is 5.33. The van der Waals surface area contributed by atoms with Crippen LogP contribution in [-0.2, 0) is 6.18 Å². The Morgan fingerprint density at radius 3 is 2.69 bits per heavy atom. The molecule has 7 heteroatoms. The Labute approximate surface area is 88.7 Å². The maximum absolute atomic E-state index is 12.1. The van der Waals surface area contributed by atoms with Crippen molar-refractivity contribution in [2.24, 2.45) is 5.11 Å². The molecule has 1 aromatic heterocycles. The van der Waals surface area contributed by atoms with Gasteiger partial charge in [-0.25, -0.2) is 0 Å². The summed E-state index contributed by atoms with van der Waals surface area (Å²) in [7, 11) is 0. The SMILES string of the molecule is [N-]=[N+]=NCC#Cc1ccc(C(F)(F)F)nc1. The lowest BCUT2D eigenvalue weighted by Gasteiger charge is -2.03. The highest BCUT2D eigenvalue weighted by Crippen LogP contribution is 2.26. The molecule has 0 aromatic carbocycles. The average Bonchev–Trinajstić information content (AvgIpc) is 2.24. The minimum Gasteiger partial charge on any atom is -0.250 e. The number of alkyl halides is 3. The van der Waals surface area contributed by atoms with Crippen molar-refractivity contribution in [2.75, 3.05) is 6.54 Å². The van der Waals surface area contributed by atoms with E-state index in [9.17, 15) is 13.2 Å². The zero-order valence-electron chi connectivity index (χ0n) is 7.86. The molecule has 82 valence electrons. The fourth-order valence-corrected chi connectivity index (χ4v) is 0.844. The van der Waals surface area contributed by atoms with Crippen LogP contribution in [0.3, 0.4) is 0 Å². The molecule has 0 aliphatic rings. The van der Waals surface area contributed by atoms with Crippen LogP contribution in [0.2, 0.25) is 0 Å². The Morgan fingerprint density at radius 1 is 1.44 bits per heavy atom. The number of rotatable bonds is 1. The molecule has 0 aliphatic carbocycles. The van der Waals surface area contributed by atoms with Gasteiger partial charge in [0, 0.05) is 16.7 Å². The second-order valence-corrected chi connectivity index (χ2v) is 2.62. The number of hydrogen-bond acceptors (Lipinski definition) is 2. The van der Waals surface area contributed by atoms with Gasteiger partial charge in [0.2, 0.25) is 0 Å². The Hall–Kier alpha value is -2.19. The molecule has 4 nitrogen and oxygen atoms in total. The predicted molar refractivity (Wildman–Crippen MR) is 50.1 cm³/mol. The predicted octanol–water partition coefficient (Wildman–Crippen LogP) is 2.76. The van der Waals surface area contributed by atoms with Crippen molar-refractivity contribution in [1.29, 1.82) is 0 Å². The van der Waals surface area contributed by atoms with Crippen LogP contribution in [0.1, 0.15) is 11.3 Å². The summed E-state index contributed by atoms with van der Waals surface area (Å²) >= 11 is 0. The maximum Gasteiger partial charge on any atom is 0.433 e. The van der Waals surface area contributed by atoms with Crippen LogP contribution in [-0.4, -0.2) is 11.5 Å². The number of pyridine rings is 1. The molecule has 1 heterocycles. The van der Waals surface area contributed by atoms with Gasteiger partial charge in [0.15, 0.2) is 0 Å². The first-order valence-electron chi connectivity index (χ1n) is 4.07. The fraction of sp³-hybridized carbons (Fsp3) is 0.222. The molecule has 1 rings (SSSR count). The summed E-state index contributed by atoms with van der Waals surface area (Å²) in [5.74, 6) is 4.98. The van der Waals surface area contributed by atoms with Gasteiger partial charge in [0.1, 0.15) is 5.69 Å². The molecule has 0 saturated heterocycles. The van der Waals surface area contributed by atoms with E-state index in [0.717, 1.165) is 12.3 Å². The molecule has 0 saturated carbocycles. The Balaban J connectivity index is 2.78. The molecule has 0 bridgehead atoms. The van der Waals surface area contributed by atoms with Crippen molar-refractivity contribution in [3.8, 4) is 11.8 Å². The van der Waals surface area contributed by atoms with Crippen LogP contribution < -0.4 is 0 Å². The van der Waals surface area contributed by atoms with Gasteiger partial charge >= 0.3 is 6.18 Å². The summed E-state index contributed by atoms with van der Waals surface area (Å²) in [6.07, 6.45) is -3.43. The Morgan fingerprint density at radius 2 is 2.19 bits per heavy atom. The lowest BCUT2D eigenvalue weighted by molar-refractivity contribution is -0.141. The van der Waals surface area contributed by atoms with Crippen molar-refractivity contribution < 1.29 is 13.2 Å². The molecule has 0 N–H and O–H groups in total. The summed E-state index contributed by atoms with van der Waals surface area (Å²) in [6.45, 7) is -0.0302. The normalized spacial score (nSPS) is 9.94. The van der Waals surface area contributed by atoms with Crippen molar-refractivity contribution in [1.82, 2.24) is 4.98 Å². The maximum atomic E-state index is 12.1. The van der Waals surface area contributed by atoms with Crippen molar-refractivity contribution in [3.63, 3.8) is 0 Å². The molecule has 0 radical (unpaired) electrons. The molecular weight excluding hydrogens is 221 g/mol. The van der Waals surface area contributed by atoms with Gasteiger partial charge in [-0.15, -0.1) is 0 Å². The minimum absolute atomic E-state index is 0.0302. The van der Waals surface area contributed by atoms with Crippen LogP contribution in [0.25, 0.3) is 10.4 Å². The molecular formula is C9H5F3N4. The van der Waals surface area contributed by atoms with Gasteiger partial charge in [0.25, 0.3) is 0 Å². The van der Waals surface area contributed by atoms with E-state index in [1.165, 1.54) is 6.07 Å². The van der Waals surface area contributed by atoms with Gasteiger partial charge < -0.3 is 0 Å². The third kappa shape index (κ3) is 3.52. The Kier molecular flexibility index (Phi) is 3.75. The highest BCUT2D eigenvalue weighted by atomic mass is 19.4. The lowest BCUT2D eigenvalue weighted by atomic mass is 10.2. The molecule has 0 amide bonds. The third-order valence-electron chi connectivity index (χ3n) is 1.50. The molecule has 0 fully saturated rings. The van der Waals surface area contributed by atoms with Gasteiger partial charge in [-0.3, -0.25) is 4.98 Å². The van der Waals surface area contributed by atoms with Crippen molar-refractivity contribution in [3.05, 3.63) is 40.0 Å². The molecule has 0 aliphatic heterocycles. The zero-order valence-corrected chi connectivity index (χ0v) is 7.86. The molecule has 0 spiro atoms. The Bertz CT molecular complexity index is 460. The summed E-state index contributed by atoms with van der Waals surface area (Å²) in [5.41, 5.74) is 7.31. The fourth-order valence-electron chi connectivity index (χ4n) is 0.844. The van der Waals surface area contributed by atoms with Gasteiger partial charge in [-0.05, 0) is 17.7 Å². The molecule has 0 unspecified atom stereocenters. The lowest BCUT2D eigenvalue weighted by Crippen LogP contribution is -2.07. The average molecular weight is 226 g/mol. The van der Waals surface area contributed by atoms with E-state index < -0.39 is 11.9 Å². The molecule has 16 heavy (non-hydrogen) atoms. The van der Waals surface area contributed by atoms with Crippen LogP contribution in [0.5, 0.6) is 0 Å². The monoisotopic (exact) mass is 226 g/mol. The smallest absolute Gasteiger partial charge is 0.250 e. The highest BCUT2D eigenvalue weighted by Gasteiger charge is 2.31. The van der Waals surface area contributed by atoms with E-state index in [2.05, 4.69) is 26.9 Å². The summed E-state index contributed by atoms with van der Waals surface area (Å²) < 4.78 is 36.4. The summed E-state index contributed by atoms with van der Waals surface area (Å²) in [5, 5.41) is 3.15. The molecule has 0 atom stereocenters. The van der Waals surface area contributed by atoms with Crippen LogP contribution >= 0.6 is 0 Å². The number of azide groups is 1. The van der Waals surface area contributed by atoms with Crippen LogP contribution in [0, 0.1) is 11.8 Å². The molecule has 1 aromatic rings. The van der Waals surface area contributed by atoms with Gasteiger partial charge in [-0.1, -0.05) is 17.0 Å². The quantitative estimate of drug-likeness (QED) is 0.314. The van der Waals surface area contributed by atoms with E-state index in [0.29, 0.717) is 5.56 Å². The minimum atomic E-state index is -4.45. The van der Waals surface area contributed by atoms with Crippen molar-refractivity contribution in [2.45, 2.75) is 6.18 Å². The zero-order chi connectivity index (χ0) is 12.0. The number of aromatic nitrogens is 1. The van der Waals surface area contributed by atoms with Crippen LogP contribution in [0.15, 0.2) is 23.4 Å². The summed E-state index contributed by atoms with van der Waals surface area (Å²) in [4.78, 5) is 5.69. The number of nitrogens with zero attached hydrogens (tertiary/aromatic N) is 4. The number of hydrogen-bond donors (Lipinski definition) is 0. The second kappa shape index (κ2) is 5.05. The van der Waals surface area contributed by atoms with E-state index in [1.54, 1.807) is 0 Å². The van der Waals surface area contributed by atoms with Crippen molar-refractivity contribution >= 4 is 0 Å². The van der Waals surface area contributed by atoms with E-state index in [-0.39, 0.29) is 6.54 Å². The first-order valence-corrected chi connectivity index (χ1v) is 4.07. The van der Waals surface area contributed by atoms with Crippen LogP contribution in [0.4, 0.5) is 13.2 Å². The van der Waals surface area contributed by atoms with E-state index >= 15 is 0 Å². The second-order valence-electron chi connectivity index (χ2n) is 2.62. The summed E-state index contributed by atoms with van der Waals surface area (Å²) in [6, 6.07) is 2.05. The standard InChI is InChI=1S/C9H5F3N4/c10-9(11,12)8-4-3-7(6-14-8)2-1-5-15-16-13/h3-4,6H,5H2. The largest absolute Gasteiger partial charge is 0.433 e. The van der Waals surface area contributed by atoms with E-state index in [1.807, 2.05) is 0 Å². The van der Waals surface area contributed by atoms with Gasteiger partial charge in [0.05, 0.1) is 6.54 Å².